The van der Waals surface area contributed by atoms with E-state index in [1.165, 1.54) is 12.8 Å². The Morgan fingerprint density at radius 2 is 2.29 bits per heavy atom. The zero-order chi connectivity index (χ0) is 12.1. The highest BCUT2D eigenvalue weighted by atomic mass is 16.5. The Morgan fingerprint density at radius 1 is 1.41 bits per heavy atom. The van der Waals surface area contributed by atoms with Gasteiger partial charge in [0.25, 0.3) is 0 Å². The third kappa shape index (κ3) is 3.42. The van der Waals surface area contributed by atoms with Crippen molar-refractivity contribution < 1.29 is 9.53 Å². The summed E-state index contributed by atoms with van der Waals surface area (Å²) < 4.78 is 5.71. The first-order valence-corrected chi connectivity index (χ1v) is 6.95. The lowest BCUT2D eigenvalue weighted by molar-refractivity contribution is -0.128. The first-order chi connectivity index (χ1) is 8.31. The summed E-state index contributed by atoms with van der Waals surface area (Å²) in [6, 6.07) is 0. The molecule has 2 unspecified atom stereocenters. The Kier molecular flexibility index (Phi) is 4.80. The number of amides is 1. The van der Waals surface area contributed by atoms with Gasteiger partial charge in [0, 0.05) is 13.2 Å². The van der Waals surface area contributed by atoms with E-state index in [-0.39, 0.29) is 12.1 Å². The molecule has 2 atom stereocenters. The number of ether oxygens (including phenoxy) is 1. The number of carbonyl (C=O) groups is 1. The van der Waals surface area contributed by atoms with Crippen LogP contribution in [0.15, 0.2) is 0 Å². The lowest BCUT2D eigenvalue weighted by atomic mass is 10.1. The molecule has 2 heterocycles. The lowest BCUT2D eigenvalue weighted by Gasteiger charge is -2.28. The summed E-state index contributed by atoms with van der Waals surface area (Å²) in [5.41, 5.74) is 0. The highest BCUT2D eigenvalue weighted by molar-refractivity contribution is 5.80. The van der Waals surface area contributed by atoms with Gasteiger partial charge in [-0.15, -0.1) is 0 Å². The van der Waals surface area contributed by atoms with Crippen LogP contribution in [-0.4, -0.2) is 42.8 Å². The molecule has 2 fully saturated rings. The van der Waals surface area contributed by atoms with E-state index < -0.39 is 0 Å². The molecule has 0 aromatic heterocycles. The molecule has 0 aromatic carbocycles. The summed E-state index contributed by atoms with van der Waals surface area (Å²) in [7, 11) is 0. The van der Waals surface area contributed by atoms with Crippen molar-refractivity contribution in [3.8, 4) is 0 Å². The molecule has 2 saturated heterocycles. The summed E-state index contributed by atoms with van der Waals surface area (Å²) in [4.78, 5) is 13.8. The van der Waals surface area contributed by atoms with Gasteiger partial charge >= 0.3 is 0 Å². The standard InChI is InChI=1S/C13H24N2O2/c1-2-5-12-14-10-13(16)15(12)8-7-11-6-3-4-9-17-11/h11-12,14H,2-10H2,1H3. The van der Waals surface area contributed by atoms with Crippen molar-refractivity contribution in [2.45, 2.75) is 57.7 Å². The van der Waals surface area contributed by atoms with Gasteiger partial charge < -0.3 is 9.64 Å². The Bertz CT molecular complexity index is 252. The van der Waals surface area contributed by atoms with Gasteiger partial charge in [0.15, 0.2) is 0 Å². The minimum atomic E-state index is 0.249. The molecular formula is C13H24N2O2. The van der Waals surface area contributed by atoms with E-state index in [1.54, 1.807) is 0 Å². The highest BCUT2D eigenvalue weighted by Gasteiger charge is 2.29. The molecule has 4 heteroatoms. The van der Waals surface area contributed by atoms with E-state index in [0.29, 0.717) is 12.6 Å². The van der Waals surface area contributed by atoms with Gasteiger partial charge in [-0.3, -0.25) is 10.1 Å². The molecular weight excluding hydrogens is 216 g/mol. The van der Waals surface area contributed by atoms with E-state index >= 15 is 0 Å². The van der Waals surface area contributed by atoms with Gasteiger partial charge in [0.2, 0.25) is 5.91 Å². The number of nitrogens with zero attached hydrogens (tertiary/aromatic N) is 1. The predicted octanol–water partition coefficient (Wildman–Crippen LogP) is 1.50. The fourth-order valence-electron chi connectivity index (χ4n) is 2.72. The molecule has 0 saturated carbocycles. The summed E-state index contributed by atoms with van der Waals surface area (Å²) in [6.07, 6.45) is 7.42. The van der Waals surface area contributed by atoms with Crippen molar-refractivity contribution in [2.75, 3.05) is 19.7 Å². The van der Waals surface area contributed by atoms with Crippen LogP contribution in [0.3, 0.4) is 0 Å². The molecule has 98 valence electrons. The second-order valence-electron chi connectivity index (χ2n) is 5.05. The zero-order valence-electron chi connectivity index (χ0n) is 10.8. The zero-order valence-corrected chi connectivity index (χ0v) is 10.8. The lowest BCUT2D eigenvalue weighted by Crippen LogP contribution is -2.39. The number of rotatable bonds is 5. The fraction of sp³-hybridized carbons (Fsp3) is 0.923. The van der Waals surface area contributed by atoms with E-state index in [0.717, 1.165) is 38.8 Å². The number of nitrogens with one attached hydrogen (secondary N) is 1. The van der Waals surface area contributed by atoms with Crippen molar-refractivity contribution in [3.05, 3.63) is 0 Å². The smallest absolute Gasteiger partial charge is 0.237 e. The first-order valence-electron chi connectivity index (χ1n) is 6.95. The van der Waals surface area contributed by atoms with Crippen LogP contribution < -0.4 is 5.32 Å². The number of hydrogen-bond donors (Lipinski definition) is 1. The molecule has 2 aliphatic heterocycles. The Hall–Kier alpha value is -0.610. The topological polar surface area (TPSA) is 41.6 Å². The summed E-state index contributed by atoms with van der Waals surface area (Å²) in [5, 5.41) is 3.28. The minimum absolute atomic E-state index is 0.249. The van der Waals surface area contributed by atoms with Crippen molar-refractivity contribution in [1.82, 2.24) is 10.2 Å². The van der Waals surface area contributed by atoms with Crippen LogP contribution in [0.5, 0.6) is 0 Å². The van der Waals surface area contributed by atoms with Gasteiger partial charge in [-0.25, -0.2) is 0 Å². The van der Waals surface area contributed by atoms with Gasteiger partial charge in [-0.1, -0.05) is 13.3 Å². The van der Waals surface area contributed by atoms with Crippen molar-refractivity contribution in [3.63, 3.8) is 0 Å². The molecule has 4 nitrogen and oxygen atoms in total. The van der Waals surface area contributed by atoms with Crippen LogP contribution in [0, 0.1) is 0 Å². The highest BCUT2D eigenvalue weighted by Crippen LogP contribution is 2.18. The fourth-order valence-corrected chi connectivity index (χ4v) is 2.72. The summed E-state index contributed by atoms with van der Waals surface area (Å²) >= 11 is 0. The van der Waals surface area contributed by atoms with Crippen molar-refractivity contribution in [2.24, 2.45) is 0 Å². The average molecular weight is 240 g/mol. The maximum absolute atomic E-state index is 11.8. The van der Waals surface area contributed by atoms with E-state index in [9.17, 15) is 4.79 Å². The van der Waals surface area contributed by atoms with Gasteiger partial charge in [0.1, 0.15) is 0 Å². The molecule has 0 aliphatic carbocycles. The maximum atomic E-state index is 11.8. The van der Waals surface area contributed by atoms with E-state index in [4.69, 9.17) is 4.74 Å². The second kappa shape index (κ2) is 6.36. The predicted molar refractivity (Wildman–Crippen MR) is 66.6 cm³/mol. The molecule has 2 rings (SSSR count). The van der Waals surface area contributed by atoms with Crippen LogP contribution in [0.1, 0.15) is 45.4 Å². The minimum Gasteiger partial charge on any atom is -0.378 e. The Morgan fingerprint density at radius 3 is 3.00 bits per heavy atom. The van der Waals surface area contributed by atoms with Crippen LogP contribution in [0.25, 0.3) is 0 Å². The molecule has 0 spiro atoms. The molecule has 0 aromatic rings. The SMILES string of the molecule is CCCC1NCC(=O)N1CCC1CCCCO1. The molecule has 0 bridgehead atoms. The van der Waals surface area contributed by atoms with Crippen LogP contribution in [0.4, 0.5) is 0 Å². The second-order valence-corrected chi connectivity index (χ2v) is 5.05. The monoisotopic (exact) mass is 240 g/mol. The summed E-state index contributed by atoms with van der Waals surface area (Å²) in [5.74, 6) is 0.249. The van der Waals surface area contributed by atoms with Crippen LogP contribution in [0.2, 0.25) is 0 Å². The number of hydrogen-bond acceptors (Lipinski definition) is 3. The Balaban J connectivity index is 1.77. The third-order valence-corrected chi connectivity index (χ3v) is 3.71. The molecule has 1 N–H and O–H groups in total. The molecule has 0 radical (unpaired) electrons. The van der Waals surface area contributed by atoms with Gasteiger partial charge in [-0.05, 0) is 32.1 Å². The molecule has 1 amide bonds. The third-order valence-electron chi connectivity index (χ3n) is 3.71. The van der Waals surface area contributed by atoms with Crippen molar-refractivity contribution >= 4 is 5.91 Å². The first kappa shape index (κ1) is 12.8. The van der Waals surface area contributed by atoms with Gasteiger partial charge in [0.05, 0.1) is 18.8 Å². The van der Waals surface area contributed by atoms with Crippen LogP contribution >= 0.6 is 0 Å². The van der Waals surface area contributed by atoms with Crippen LogP contribution in [-0.2, 0) is 9.53 Å². The molecule has 17 heavy (non-hydrogen) atoms. The van der Waals surface area contributed by atoms with Gasteiger partial charge in [-0.2, -0.15) is 0 Å². The number of carbonyl (C=O) groups excluding carboxylic acids is 1. The van der Waals surface area contributed by atoms with Crippen molar-refractivity contribution in [1.29, 1.82) is 0 Å². The largest absolute Gasteiger partial charge is 0.378 e. The Labute approximate surface area is 104 Å². The average Bonchev–Trinajstić information content (AvgIpc) is 2.70. The normalized spacial score (nSPS) is 29.9. The molecule has 2 aliphatic rings. The quantitative estimate of drug-likeness (QED) is 0.792. The summed E-state index contributed by atoms with van der Waals surface area (Å²) in [6.45, 7) is 4.42. The van der Waals surface area contributed by atoms with E-state index in [2.05, 4.69) is 12.2 Å². The maximum Gasteiger partial charge on any atom is 0.237 e. The van der Waals surface area contributed by atoms with E-state index in [1.807, 2.05) is 4.90 Å².